The minimum atomic E-state index is -0.592. The summed E-state index contributed by atoms with van der Waals surface area (Å²) in [5.41, 5.74) is 0.694. The Bertz CT molecular complexity index is 635. The van der Waals surface area contributed by atoms with Crippen LogP contribution in [0.1, 0.15) is 24.4 Å². The first-order valence-electron chi connectivity index (χ1n) is 9.01. The number of amides is 2. The first-order chi connectivity index (χ1) is 12.3. The summed E-state index contributed by atoms with van der Waals surface area (Å²) >= 11 is 0. The van der Waals surface area contributed by atoms with Gasteiger partial charge >= 0.3 is 0 Å². The quantitative estimate of drug-likeness (QED) is 0.745. The molecule has 0 radical (unpaired) electrons. The summed E-state index contributed by atoms with van der Waals surface area (Å²) in [6.07, 6.45) is 1.60. The summed E-state index contributed by atoms with van der Waals surface area (Å²) in [4.78, 5) is 31.3. The number of hydrogen-bond acceptors (Lipinski definition) is 5. The van der Waals surface area contributed by atoms with E-state index in [1.54, 1.807) is 30.1 Å². The third-order valence-corrected chi connectivity index (χ3v) is 4.85. The lowest BCUT2D eigenvalue weighted by Crippen LogP contribution is -2.49. The van der Waals surface area contributed by atoms with Crippen LogP contribution in [0.3, 0.4) is 0 Å². The Kier molecular flexibility index (Phi) is 6.99. The van der Waals surface area contributed by atoms with Crippen molar-refractivity contribution in [2.45, 2.75) is 24.9 Å². The molecule has 2 amide bonds. The molecule has 1 saturated heterocycles. The average molecular weight is 362 g/mol. The zero-order valence-corrected chi connectivity index (χ0v) is 16.1. The SMILES string of the molecule is CNC(=O)[C@@H](c1cccc(O)c1)N1CCC[C@H]1C(=O)N(C)CCN(C)C. The van der Waals surface area contributed by atoms with E-state index in [0.717, 1.165) is 19.4 Å². The molecule has 1 aliphatic rings. The zero-order valence-electron chi connectivity index (χ0n) is 16.1. The molecule has 0 unspecified atom stereocenters. The molecule has 1 heterocycles. The maximum atomic E-state index is 13.0. The molecule has 2 atom stereocenters. The molecule has 2 N–H and O–H groups in total. The number of aromatic hydroxyl groups is 1. The molecule has 1 aliphatic heterocycles. The first kappa shape index (κ1) is 20.2. The van der Waals surface area contributed by atoms with Crippen molar-refractivity contribution in [3.8, 4) is 5.75 Å². The van der Waals surface area contributed by atoms with Gasteiger partial charge in [-0.25, -0.2) is 0 Å². The van der Waals surface area contributed by atoms with E-state index in [-0.39, 0.29) is 23.6 Å². The lowest BCUT2D eigenvalue weighted by molar-refractivity contribution is -0.137. The number of likely N-dealkylation sites (N-methyl/N-ethyl adjacent to an activating group) is 3. The molecule has 0 aliphatic carbocycles. The van der Waals surface area contributed by atoms with Crippen LogP contribution in [0.25, 0.3) is 0 Å². The smallest absolute Gasteiger partial charge is 0.241 e. The Morgan fingerprint density at radius 1 is 1.31 bits per heavy atom. The van der Waals surface area contributed by atoms with Crippen molar-refractivity contribution in [1.82, 2.24) is 20.0 Å². The van der Waals surface area contributed by atoms with Crippen LogP contribution in [0.15, 0.2) is 24.3 Å². The van der Waals surface area contributed by atoms with Gasteiger partial charge in [0.05, 0.1) is 6.04 Å². The third-order valence-electron chi connectivity index (χ3n) is 4.85. The number of phenols is 1. The molecule has 0 saturated carbocycles. The van der Waals surface area contributed by atoms with Gasteiger partial charge in [-0.2, -0.15) is 0 Å². The van der Waals surface area contributed by atoms with Crippen LogP contribution < -0.4 is 5.32 Å². The van der Waals surface area contributed by atoms with Gasteiger partial charge in [0.25, 0.3) is 0 Å². The minimum Gasteiger partial charge on any atom is -0.508 e. The summed E-state index contributed by atoms with van der Waals surface area (Å²) in [5, 5.41) is 12.5. The van der Waals surface area contributed by atoms with Gasteiger partial charge in [-0.3, -0.25) is 14.5 Å². The average Bonchev–Trinajstić information content (AvgIpc) is 3.08. The van der Waals surface area contributed by atoms with Gasteiger partial charge in [0.2, 0.25) is 11.8 Å². The van der Waals surface area contributed by atoms with Crippen LogP contribution in [-0.2, 0) is 9.59 Å². The molecule has 1 fully saturated rings. The van der Waals surface area contributed by atoms with Crippen molar-refractivity contribution in [3.05, 3.63) is 29.8 Å². The van der Waals surface area contributed by atoms with Crippen LogP contribution in [0.2, 0.25) is 0 Å². The molecule has 7 heteroatoms. The lowest BCUT2D eigenvalue weighted by atomic mass is 10.0. The standard InChI is InChI=1S/C19H30N4O3/c1-20-18(25)17(14-7-5-8-15(24)13-14)23-10-6-9-16(23)19(26)22(4)12-11-21(2)3/h5,7-8,13,16-17,24H,6,9-12H2,1-4H3,(H,20,25)/t16-,17+/m0/s1. The number of rotatable bonds is 7. The van der Waals surface area contributed by atoms with Gasteiger partial charge in [-0.05, 0) is 44.6 Å². The lowest BCUT2D eigenvalue weighted by Gasteiger charge is -2.33. The highest BCUT2D eigenvalue weighted by Gasteiger charge is 2.40. The second-order valence-electron chi connectivity index (χ2n) is 7.07. The molecule has 1 aromatic carbocycles. The van der Waals surface area contributed by atoms with E-state index in [4.69, 9.17) is 0 Å². The monoisotopic (exact) mass is 362 g/mol. The van der Waals surface area contributed by atoms with E-state index < -0.39 is 6.04 Å². The number of carbonyl (C=O) groups is 2. The van der Waals surface area contributed by atoms with Gasteiger partial charge in [-0.15, -0.1) is 0 Å². The van der Waals surface area contributed by atoms with E-state index >= 15 is 0 Å². The molecule has 7 nitrogen and oxygen atoms in total. The summed E-state index contributed by atoms with van der Waals surface area (Å²) in [6, 6.07) is 5.78. The highest BCUT2D eigenvalue weighted by atomic mass is 16.3. The molecular formula is C19H30N4O3. The van der Waals surface area contributed by atoms with E-state index in [1.165, 1.54) is 0 Å². The summed E-state index contributed by atoms with van der Waals surface area (Å²) < 4.78 is 0. The molecular weight excluding hydrogens is 332 g/mol. The van der Waals surface area contributed by atoms with Crippen molar-refractivity contribution in [3.63, 3.8) is 0 Å². The van der Waals surface area contributed by atoms with Gasteiger partial charge < -0.3 is 20.2 Å². The third kappa shape index (κ3) is 4.74. The number of likely N-dealkylation sites (tertiary alicyclic amines) is 1. The predicted molar refractivity (Wildman–Crippen MR) is 101 cm³/mol. The molecule has 144 valence electrons. The van der Waals surface area contributed by atoms with E-state index in [1.807, 2.05) is 37.0 Å². The van der Waals surface area contributed by atoms with Crippen LogP contribution in [0, 0.1) is 0 Å². The molecule has 1 aromatic rings. The summed E-state index contributed by atoms with van der Waals surface area (Å²) in [6.45, 7) is 2.11. The maximum absolute atomic E-state index is 13.0. The van der Waals surface area contributed by atoms with Gasteiger partial charge in [0.1, 0.15) is 11.8 Å². The van der Waals surface area contributed by atoms with Crippen molar-refractivity contribution >= 4 is 11.8 Å². The van der Waals surface area contributed by atoms with Gasteiger partial charge in [0.15, 0.2) is 0 Å². The Balaban J connectivity index is 2.23. The summed E-state index contributed by atoms with van der Waals surface area (Å²) in [7, 11) is 7.35. The Hall–Kier alpha value is -2.12. The maximum Gasteiger partial charge on any atom is 0.241 e. The van der Waals surface area contributed by atoms with E-state index in [9.17, 15) is 14.7 Å². The van der Waals surface area contributed by atoms with Crippen molar-refractivity contribution < 1.29 is 14.7 Å². The highest BCUT2D eigenvalue weighted by molar-refractivity contribution is 5.86. The number of nitrogens with one attached hydrogen (secondary N) is 1. The van der Waals surface area contributed by atoms with Crippen LogP contribution in [-0.4, -0.2) is 85.5 Å². The van der Waals surface area contributed by atoms with E-state index in [0.29, 0.717) is 18.7 Å². The predicted octanol–water partition coefficient (Wildman–Crippen LogP) is 0.664. The second kappa shape index (κ2) is 9.00. The number of benzene rings is 1. The molecule has 26 heavy (non-hydrogen) atoms. The highest BCUT2D eigenvalue weighted by Crippen LogP contribution is 2.32. The Labute approximate surface area is 155 Å². The summed E-state index contributed by atoms with van der Waals surface area (Å²) in [5.74, 6) is -0.0220. The number of phenolic OH excluding ortho intramolecular Hbond substituents is 1. The molecule has 0 spiro atoms. The zero-order chi connectivity index (χ0) is 19.3. The van der Waals surface area contributed by atoms with Crippen LogP contribution >= 0.6 is 0 Å². The fourth-order valence-corrected chi connectivity index (χ4v) is 3.40. The van der Waals surface area contributed by atoms with Crippen LogP contribution in [0.4, 0.5) is 0 Å². The topological polar surface area (TPSA) is 76.1 Å². The molecule has 0 bridgehead atoms. The van der Waals surface area contributed by atoms with Gasteiger partial charge in [-0.1, -0.05) is 12.1 Å². The van der Waals surface area contributed by atoms with Crippen LogP contribution in [0.5, 0.6) is 5.75 Å². The first-order valence-corrected chi connectivity index (χ1v) is 9.01. The molecule has 2 rings (SSSR count). The fourth-order valence-electron chi connectivity index (χ4n) is 3.40. The number of carbonyl (C=O) groups excluding carboxylic acids is 2. The second-order valence-corrected chi connectivity index (χ2v) is 7.07. The van der Waals surface area contributed by atoms with E-state index in [2.05, 4.69) is 5.32 Å². The Morgan fingerprint density at radius 2 is 2.04 bits per heavy atom. The van der Waals surface area contributed by atoms with Crippen molar-refractivity contribution in [2.75, 3.05) is 47.8 Å². The minimum absolute atomic E-state index is 0.0402. The number of nitrogens with zero attached hydrogens (tertiary/aromatic N) is 3. The number of hydrogen-bond donors (Lipinski definition) is 2. The Morgan fingerprint density at radius 3 is 2.65 bits per heavy atom. The van der Waals surface area contributed by atoms with Gasteiger partial charge in [0, 0.05) is 33.7 Å². The normalized spacial score (nSPS) is 18.7. The van der Waals surface area contributed by atoms with Crippen molar-refractivity contribution in [2.24, 2.45) is 0 Å². The molecule has 0 aromatic heterocycles. The van der Waals surface area contributed by atoms with Crippen molar-refractivity contribution in [1.29, 1.82) is 0 Å². The largest absolute Gasteiger partial charge is 0.508 e. The fraction of sp³-hybridized carbons (Fsp3) is 0.579.